The highest BCUT2D eigenvalue weighted by Gasteiger charge is 2.37. The summed E-state index contributed by atoms with van der Waals surface area (Å²) < 4.78 is 39.2. The van der Waals surface area contributed by atoms with Crippen LogP contribution in [0.2, 0.25) is 0 Å². The third kappa shape index (κ3) is 2.86. The lowest BCUT2D eigenvalue weighted by Gasteiger charge is -2.31. The molecule has 1 aliphatic rings. The number of rotatable bonds is 2. The Morgan fingerprint density at radius 2 is 1.89 bits per heavy atom. The van der Waals surface area contributed by atoms with Gasteiger partial charge in [0.25, 0.3) is 0 Å². The molecule has 1 aromatic carbocycles. The standard InChI is InChI=1S/C14H17F3O/c1-9-8-11(2-3-12(9)15)13(18)10-4-6-14(16,17)7-5-10/h2-3,8,10,13,18H,4-7H2,1H3. The van der Waals surface area contributed by atoms with Crippen LogP contribution in [0.3, 0.4) is 0 Å². The molecule has 18 heavy (non-hydrogen) atoms. The van der Waals surface area contributed by atoms with Gasteiger partial charge in [-0.1, -0.05) is 12.1 Å². The van der Waals surface area contributed by atoms with Gasteiger partial charge in [-0.25, -0.2) is 13.2 Å². The Kier molecular flexibility index (Phi) is 3.66. The van der Waals surface area contributed by atoms with E-state index >= 15 is 0 Å². The van der Waals surface area contributed by atoms with Gasteiger partial charge in [0.15, 0.2) is 0 Å². The van der Waals surface area contributed by atoms with E-state index in [0.29, 0.717) is 24.0 Å². The molecular weight excluding hydrogens is 241 g/mol. The molecule has 1 aromatic rings. The first-order chi connectivity index (χ1) is 8.39. The van der Waals surface area contributed by atoms with Crippen molar-refractivity contribution in [3.05, 3.63) is 35.1 Å². The number of hydrogen-bond donors (Lipinski definition) is 1. The van der Waals surface area contributed by atoms with Gasteiger partial charge in [-0.15, -0.1) is 0 Å². The van der Waals surface area contributed by atoms with E-state index in [1.165, 1.54) is 12.1 Å². The Hall–Kier alpha value is -1.03. The summed E-state index contributed by atoms with van der Waals surface area (Å²) in [6.45, 7) is 1.63. The van der Waals surface area contributed by atoms with Gasteiger partial charge in [-0.2, -0.15) is 0 Å². The van der Waals surface area contributed by atoms with Crippen molar-refractivity contribution in [2.45, 2.75) is 44.6 Å². The predicted molar refractivity (Wildman–Crippen MR) is 63.0 cm³/mol. The molecular formula is C14H17F3O. The molecule has 0 heterocycles. The number of alkyl halides is 2. The lowest BCUT2D eigenvalue weighted by atomic mass is 9.81. The molecule has 0 bridgehead atoms. The van der Waals surface area contributed by atoms with Gasteiger partial charge in [0.2, 0.25) is 5.92 Å². The summed E-state index contributed by atoms with van der Waals surface area (Å²) in [5.41, 5.74) is 1.08. The van der Waals surface area contributed by atoms with Crippen molar-refractivity contribution in [3.8, 4) is 0 Å². The maximum Gasteiger partial charge on any atom is 0.248 e. The second kappa shape index (κ2) is 4.92. The fraction of sp³-hybridized carbons (Fsp3) is 0.571. The van der Waals surface area contributed by atoms with Crippen molar-refractivity contribution in [1.29, 1.82) is 0 Å². The fourth-order valence-corrected chi connectivity index (χ4v) is 2.50. The summed E-state index contributed by atoms with van der Waals surface area (Å²) in [5.74, 6) is -3.06. The highest BCUT2D eigenvalue weighted by molar-refractivity contribution is 5.26. The molecule has 1 atom stereocenters. The van der Waals surface area contributed by atoms with Crippen molar-refractivity contribution in [1.82, 2.24) is 0 Å². The molecule has 100 valence electrons. The SMILES string of the molecule is Cc1cc(C(O)C2CCC(F)(F)CC2)ccc1F. The van der Waals surface area contributed by atoms with Crippen LogP contribution in [0.1, 0.15) is 42.9 Å². The van der Waals surface area contributed by atoms with Gasteiger partial charge in [0, 0.05) is 12.8 Å². The summed E-state index contributed by atoms with van der Waals surface area (Å²) in [4.78, 5) is 0. The van der Waals surface area contributed by atoms with Crippen molar-refractivity contribution < 1.29 is 18.3 Å². The normalized spacial score (nSPS) is 21.8. The lowest BCUT2D eigenvalue weighted by molar-refractivity contribution is -0.0627. The average Bonchev–Trinajstić information content (AvgIpc) is 2.32. The highest BCUT2D eigenvalue weighted by atomic mass is 19.3. The number of benzene rings is 1. The van der Waals surface area contributed by atoms with E-state index in [0.717, 1.165) is 0 Å². The van der Waals surface area contributed by atoms with Gasteiger partial charge in [0.05, 0.1) is 6.10 Å². The van der Waals surface area contributed by atoms with E-state index < -0.39 is 12.0 Å². The van der Waals surface area contributed by atoms with Crippen LogP contribution in [0, 0.1) is 18.7 Å². The Morgan fingerprint density at radius 1 is 1.28 bits per heavy atom. The molecule has 0 amide bonds. The third-order valence-corrected chi connectivity index (χ3v) is 3.73. The second-order valence-corrected chi connectivity index (χ2v) is 5.15. The Morgan fingerprint density at radius 3 is 2.44 bits per heavy atom. The third-order valence-electron chi connectivity index (χ3n) is 3.73. The summed E-state index contributed by atoms with van der Waals surface area (Å²) >= 11 is 0. The molecule has 1 nitrogen and oxygen atoms in total. The van der Waals surface area contributed by atoms with Crippen LogP contribution in [0.25, 0.3) is 0 Å². The zero-order valence-corrected chi connectivity index (χ0v) is 10.3. The second-order valence-electron chi connectivity index (χ2n) is 5.15. The first kappa shape index (κ1) is 13.4. The molecule has 0 aromatic heterocycles. The number of halogens is 3. The molecule has 1 unspecified atom stereocenters. The summed E-state index contributed by atoms with van der Waals surface area (Å²) in [6, 6.07) is 4.43. The van der Waals surface area contributed by atoms with E-state index in [9.17, 15) is 18.3 Å². The Balaban J connectivity index is 2.07. The monoisotopic (exact) mass is 258 g/mol. The quantitative estimate of drug-likeness (QED) is 0.850. The molecule has 0 aliphatic heterocycles. The van der Waals surface area contributed by atoms with Crippen molar-refractivity contribution >= 4 is 0 Å². The first-order valence-electron chi connectivity index (χ1n) is 6.21. The molecule has 1 N–H and O–H groups in total. The minimum absolute atomic E-state index is 0.158. The fourth-order valence-electron chi connectivity index (χ4n) is 2.50. The van der Waals surface area contributed by atoms with E-state index in [1.54, 1.807) is 13.0 Å². The van der Waals surface area contributed by atoms with Gasteiger partial charge in [-0.3, -0.25) is 0 Å². The molecule has 0 saturated heterocycles. The van der Waals surface area contributed by atoms with Crippen LogP contribution in [-0.2, 0) is 0 Å². The largest absolute Gasteiger partial charge is 0.388 e. The molecule has 1 fully saturated rings. The predicted octanol–water partition coefficient (Wildman–Crippen LogP) is 3.99. The van der Waals surface area contributed by atoms with Crippen molar-refractivity contribution in [2.24, 2.45) is 5.92 Å². The van der Waals surface area contributed by atoms with E-state index in [2.05, 4.69) is 0 Å². The van der Waals surface area contributed by atoms with Crippen molar-refractivity contribution in [2.75, 3.05) is 0 Å². The smallest absolute Gasteiger partial charge is 0.248 e. The van der Waals surface area contributed by atoms with Crippen LogP contribution in [0.15, 0.2) is 18.2 Å². The Bertz CT molecular complexity index is 421. The van der Waals surface area contributed by atoms with E-state index in [-0.39, 0.29) is 24.6 Å². The van der Waals surface area contributed by atoms with E-state index in [4.69, 9.17) is 0 Å². The number of aryl methyl sites for hydroxylation is 1. The van der Waals surface area contributed by atoms with Crippen LogP contribution in [0.4, 0.5) is 13.2 Å². The maximum absolute atomic E-state index is 13.1. The van der Waals surface area contributed by atoms with Gasteiger partial charge < -0.3 is 5.11 Å². The van der Waals surface area contributed by atoms with Crippen molar-refractivity contribution in [3.63, 3.8) is 0 Å². The minimum Gasteiger partial charge on any atom is -0.388 e. The van der Waals surface area contributed by atoms with Crippen LogP contribution in [-0.4, -0.2) is 11.0 Å². The molecule has 4 heteroatoms. The molecule has 1 aliphatic carbocycles. The van der Waals surface area contributed by atoms with Crippen LogP contribution in [0.5, 0.6) is 0 Å². The zero-order valence-electron chi connectivity index (χ0n) is 10.3. The molecule has 2 rings (SSSR count). The summed E-state index contributed by atoms with van der Waals surface area (Å²) in [6.07, 6.45) is -0.501. The first-order valence-corrected chi connectivity index (χ1v) is 6.21. The molecule has 0 radical (unpaired) electrons. The zero-order chi connectivity index (χ0) is 13.3. The van der Waals surface area contributed by atoms with Crippen LogP contribution < -0.4 is 0 Å². The summed E-state index contributed by atoms with van der Waals surface area (Å²) in [7, 11) is 0. The van der Waals surface area contributed by atoms with Crippen LogP contribution >= 0.6 is 0 Å². The highest BCUT2D eigenvalue weighted by Crippen LogP contribution is 2.41. The number of aliphatic hydroxyl groups is 1. The summed E-state index contributed by atoms with van der Waals surface area (Å²) in [5, 5.41) is 10.2. The minimum atomic E-state index is -2.59. The van der Waals surface area contributed by atoms with Gasteiger partial charge in [0.1, 0.15) is 5.82 Å². The van der Waals surface area contributed by atoms with Gasteiger partial charge in [-0.05, 0) is 42.9 Å². The molecule has 1 saturated carbocycles. The molecule has 0 spiro atoms. The number of aliphatic hydroxyl groups excluding tert-OH is 1. The van der Waals surface area contributed by atoms with Gasteiger partial charge >= 0.3 is 0 Å². The lowest BCUT2D eigenvalue weighted by Crippen LogP contribution is -2.27. The average molecular weight is 258 g/mol. The maximum atomic E-state index is 13.1. The van der Waals surface area contributed by atoms with E-state index in [1.807, 2.05) is 0 Å². The topological polar surface area (TPSA) is 20.2 Å². The number of hydrogen-bond acceptors (Lipinski definition) is 1. The Labute approximate surface area is 105 Å².